The van der Waals surface area contributed by atoms with Crippen LogP contribution in [0.5, 0.6) is 0 Å². The van der Waals surface area contributed by atoms with Gasteiger partial charge in [0.05, 0.1) is 15.8 Å². The number of hydrogen-bond donors (Lipinski definition) is 1. The monoisotopic (exact) mass is 327 g/mol. The van der Waals surface area contributed by atoms with Crippen LogP contribution in [0, 0.1) is 0 Å². The molecule has 0 unspecified atom stereocenters. The van der Waals surface area contributed by atoms with Crippen LogP contribution >= 0.6 is 11.3 Å². The summed E-state index contributed by atoms with van der Waals surface area (Å²) in [5.41, 5.74) is 1.11. The lowest BCUT2D eigenvalue weighted by Crippen LogP contribution is -2.29. The number of para-hydroxylation sites is 1. The molecule has 0 fully saturated rings. The molecule has 0 aliphatic heterocycles. The summed E-state index contributed by atoms with van der Waals surface area (Å²) in [6, 6.07) is 10.8. The molecular formula is C16H13N3O3S. The maximum atomic E-state index is 12.1. The third-order valence-electron chi connectivity index (χ3n) is 3.07. The highest BCUT2D eigenvalue weighted by Gasteiger charge is 2.20. The first-order valence-electron chi connectivity index (χ1n) is 6.91. The van der Waals surface area contributed by atoms with E-state index in [1.54, 1.807) is 18.3 Å². The highest BCUT2D eigenvalue weighted by atomic mass is 32.1. The van der Waals surface area contributed by atoms with Gasteiger partial charge < -0.3 is 4.74 Å². The van der Waals surface area contributed by atoms with Gasteiger partial charge in [0.1, 0.15) is 0 Å². The number of thiazole rings is 1. The van der Waals surface area contributed by atoms with Crippen molar-refractivity contribution in [1.82, 2.24) is 9.97 Å². The van der Waals surface area contributed by atoms with Gasteiger partial charge in [-0.05, 0) is 31.2 Å². The molecular weight excluding hydrogens is 314 g/mol. The summed E-state index contributed by atoms with van der Waals surface area (Å²) in [7, 11) is 0. The lowest BCUT2D eigenvalue weighted by molar-refractivity contribution is -0.123. The fourth-order valence-electron chi connectivity index (χ4n) is 1.90. The minimum absolute atomic E-state index is 0.298. The Balaban J connectivity index is 1.64. The van der Waals surface area contributed by atoms with E-state index in [0.717, 1.165) is 10.2 Å². The number of esters is 1. The number of rotatable bonds is 4. The second-order valence-corrected chi connectivity index (χ2v) is 5.80. The van der Waals surface area contributed by atoms with Gasteiger partial charge in [-0.2, -0.15) is 0 Å². The zero-order valence-corrected chi connectivity index (χ0v) is 13.0. The van der Waals surface area contributed by atoms with Gasteiger partial charge in [0, 0.05) is 12.4 Å². The molecule has 6 nitrogen and oxygen atoms in total. The first-order valence-corrected chi connectivity index (χ1v) is 7.72. The van der Waals surface area contributed by atoms with Crippen molar-refractivity contribution in [2.75, 3.05) is 5.32 Å². The molecule has 1 atom stereocenters. The Morgan fingerprint density at radius 2 is 2.04 bits per heavy atom. The number of aromatic nitrogens is 2. The molecule has 0 bridgehead atoms. The second-order valence-electron chi connectivity index (χ2n) is 4.77. The molecule has 0 spiro atoms. The van der Waals surface area contributed by atoms with Crippen molar-refractivity contribution in [2.45, 2.75) is 13.0 Å². The first-order chi connectivity index (χ1) is 11.1. The number of hydrogen-bond acceptors (Lipinski definition) is 6. The summed E-state index contributed by atoms with van der Waals surface area (Å²) in [4.78, 5) is 32.2. The van der Waals surface area contributed by atoms with E-state index in [1.807, 2.05) is 24.3 Å². The summed E-state index contributed by atoms with van der Waals surface area (Å²) in [5, 5.41) is 3.14. The van der Waals surface area contributed by atoms with Crippen molar-refractivity contribution in [2.24, 2.45) is 0 Å². The second kappa shape index (κ2) is 6.53. The van der Waals surface area contributed by atoms with Crippen molar-refractivity contribution < 1.29 is 14.3 Å². The number of nitrogens with one attached hydrogen (secondary N) is 1. The van der Waals surface area contributed by atoms with E-state index in [0.29, 0.717) is 10.7 Å². The predicted molar refractivity (Wildman–Crippen MR) is 87.4 cm³/mol. The van der Waals surface area contributed by atoms with Crippen LogP contribution in [0.1, 0.15) is 17.3 Å². The summed E-state index contributed by atoms with van der Waals surface area (Å²) in [5.74, 6) is -1.02. The number of fused-ring (bicyclic) bond motifs is 1. The van der Waals surface area contributed by atoms with Crippen LogP contribution in [0.15, 0.2) is 48.8 Å². The van der Waals surface area contributed by atoms with Crippen LogP contribution in [-0.4, -0.2) is 27.9 Å². The molecule has 7 heteroatoms. The average Bonchev–Trinajstić information content (AvgIpc) is 2.97. The van der Waals surface area contributed by atoms with Crippen LogP contribution in [0.2, 0.25) is 0 Å². The van der Waals surface area contributed by atoms with Crippen LogP contribution in [0.3, 0.4) is 0 Å². The number of amides is 1. The summed E-state index contributed by atoms with van der Waals surface area (Å²) in [6.45, 7) is 1.51. The number of carbonyl (C=O) groups is 2. The molecule has 0 aliphatic carbocycles. The smallest absolute Gasteiger partial charge is 0.340 e. The Morgan fingerprint density at radius 3 is 2.78 bits per heavy atom. The lowest BCUT2D eigenvalue weighted by Gasteiger charge is -2.12. The quantitative estimate of drug-likeness (QED) is 0.745. The summed E-state index contributed by atoms with van der Waals surface area (Å²) in [6.07, 6.45) is 2.01. The minimum atomic E-state index is -0.935. The van der Waals surface area contributed by atoms with E-state index in [1.165, 1.54) is 24.5 Å². The van der Waals surface area contributed by atoms with E-state index in [9.17, 15) is 9.59 Å². The highest BCUT2D eigenvalue weighted by Crippen LogP contribution is 2.25. The van der Waals surface area contributed by atoms with Gasteiger partial charge in [0.25, 0.3) is 5.91 Å². The molecule has 3 rings (SSSR count). The zero-order valence-electron chi connectivity index (χ0n) is 12.2. The van der Waals surface area contributed by atoms with E-state index in [-0.39, 0.29) is 0 Å². The number of pyridine rings is 1. The Morgan fingerprint density at radius 1 is 1.22 bits per heavy atom. The molecule has 3 aromatic rings. The molecule has 0 saturated carbocycles. The van der Waals surface area contributed by atoms with Gasteiger partial charge in [-0.25, -0.2) is 9.78 Å². The Kier molecular flexibility index (Phi) is 4.29. The summed E-state index contributed by atoms with van der Waals surface area (Å²) < 4.78 is 6.11. The molecule has 1 N–H and O–H groups in total. The molecule has 23 heavy (non-hydrogen) atoms. The van der Waals surface area contributed by atoms with Crippen molar-refractivity contribution >= 4 is 38.6 Å². The molecule has 1 aromatic carbocycles. The number of carbonyl (C=O) groups excluding carboxylic acids is 2. The normalized spacial score (nSPS) is 11.9. The van der Waals surface area contributed by atoms with Crippen molar-refractivity contribution in [3.63, 3.8) is 0 Å². The van der Waals surface area contributed by atoms with E-state index in [2.05, 4.69) is 15.3 Å². The Bertz CT molecular complexity index is 815. The Hall–Kier alpha value is -2.80. The third-order valence-corrected chi connectivity index (χ3v) is 4.03. The molecule has 1 amide bonds. The van der Waals surface area contributed by atoms with Crippen molar-refractivity contribution in [3.8, 4) is 0 Å². The number of anilines is 1. The van der Waals surface area contributed by atoms with E-state index in [4.69, 9.17) is 4.74 Å². The fraction of sp³-hybridized carbons (Fsp3) is 0.125. The molecule has 0 radical (unpaired) electrons. The van der Waals surface area contributed by atoms with Gasteiger partial charge >= 0.3 is 5.97 Å². The van der Waals surface area contributed by atoms with Crippen LogP contribution < -0.4 is 5.32 Å². The highest BCUT2D eigenvalue weighted by molar-refractivity contribution is 7.22. The van der Waals surface area contributed by atoms with Gasteiger partial charge in [-0.3, -0.25) is 15.1 Å². The SMILES string of the molecule is C[C@@H](OC(=O)c1cccnc1)C(=O)Nc1nc2ccccc2s1. The van der Waals surface area contributed by atoms with Crippen molar-refractivity contribution in [3.05, 3.63) is 54.4 Å². The van der Waals surface area contributed by atoms with Gasteiger partial charge in [0.2, 0.25) is 0 Å². The van der Waals surface area contributed by atoms with E-state index < -0.39 is 18.0 Å². The largest absolute Gasteiger partial charge is 0.449 e. The summed E-state index contributed by atoms with van der Waals surface area (Å²) >= 11 is 1.36. The van der Waals surface area contributed by atoms with Gasteiger partial charge in [-0.15, -0.1) is 0 Å². The maximum Gasteiger partial charge on any atom is 0.340 e. The van der Waals surface area contributed by atoms with Gasteiger partial charge in [0.15, 0.2) is 11.2 Å². The standard InChI is InChI=1S/C16H13N3O3S/c1-10(22-15(21)11-5-4-8-17-9-11)14(20)19-16-18-12-6-2-3-7-13(12)23-16/h2-10H,1H3,(H,18,19,20)/t10-/m1/s1. The number of benzene rings is 1. The number of nitrogens with zero attached hydrogens (tertiary/aromatic N) is 2. The minimum Gasteiger partial charge on any atom is -0.449 e. The molecule has 2 aromatic heterocycles. The maximum absolute atomic E-state index is 12.1. The molecule has 0 saturated heterocycles. The fourth-order valence-corrected chi connectivity index (χ4v) is 2.77. The van der Waals surface area contributed by atoms with E-state index >= 15 is 0 Å². The Labute approximate surface area is 136 Å². The third kappa shape index (κ3) is 3.51. The first kappa shape index (κ1) is 15.1. The number of ether oxygens (including phenoxy) is 1. The van der Waals surface area contributed by atoms with Crippen LogP contribution in [0.4, 0.5) is 5.13 Å². The molecule has 2 heterocycles. The zero-order chi connectivity index (χ0) is 16.2. The average molecular weight is 327 g/mol. The lowest BCUT2D eigenvalue weighted by atomic mass is 10.3. The van der Waals surface area contributed by atoms with Crippen molar-refractivity contribution in [1.29, 1.82) is 0 Å². The van der Waals surface area contributed by atoms with Crippen LogP contribution in [0.25, 0.3) is 10.2 Å². The predicted octanol–water partition coefficient (Wildman–Crippen LogP) is 2.88. The molecule has 116 valence electrons. The topological polar surface area (TPSA) is 81.2 Å². The van der Waals surface area contributed by atoms with Crippen LogP contribution in [-0.2, 0) is 9.53 Å². The van der Waals surface area contributed by atoms with Gasteiger partial charge in [-0.1, -0.05) is 23.5 Å². The molecule has 0 aliphatic rings.